The number of nitrogens with two attached hydrogens (primary N) is 1. The van der Waals surface area contributed by atoms with E-state index >= 15 is 0 Å². The zero-order valence-electron chi connectivity index (χ0n) is 19.8. The molecule has 1 aliphatic heterocycles. The Bertz CT molecular complexity index is 741. The molecule has 1 aromatic heterocycles. The van der Waals surface area contributed by atoms with E-state index in [1.807, 2.05) is 0 Å². The molecule has 0 aliphatic carbocycles. The highest BCUT2D eigenvalue weighted by Crippen LogP contribution is 2.36. The van der Waals surface area contributed by atoms with E-state index in [4.69, 9.17) is 19.3 Å². The maximum atomic E-state index is 12.4. The third kappa shape index (κ3) is 5.63. The number of aliphatic hydroxyl groups is 1. The second-order valence-electron chi connectivity index (χ2n) is 8.34. The lowest BCUT2D eigenvalue weighted by Gasteiger charge is -2.36. The summed E-state index contributed by atoms with van der Waals surface area (Å²) < 4.78 is 20.5. The Hall–Kier alpha value is -1.12. The van der Waals surface area contributed by atoms with Crippen LogP contribution in [0.1, 0.15) is 47.8 Å². The molecule has 0 radical (unpaired) electrons. The molecule has 0 unspecified atom stereocenters. The fraction of sp³-hybridized carbons (Fsp3) is 0.850. The van der Waals surface area contributed by atoms with Crippen LogP contribution in [-0.4, -0.2) is 61.2 Å². The third-order valence-electron chi connectivity index (χ3n) is 7.13. The Morgan fingerprint density at radius 2 is 1.61 bits per heavy atom. The molecule has 3 N–H and O–H groups in total. The quantitative estimate of drug-likeness (QED) is 0.445. The molecule has 0 bridgehead atoms. The van der Waals surface area contributed by atoms with Crippen molar-refractivity contribution in [2.45, 2.75) is 102 Å². The zero-order valence-corrected chi connectivity index (χ0v) is 21.8. The third-order valence-corrected chi connectivity index (χ3v) is 16.4. The molecule has 1 saturated heterocycles. The van der Waals surface area contributed by atoms with Crippen molar-refractivity contribution >= 4 is 22.6 Å². The first kappa shape index (κ1) is 26.1. The summed E-state index contributed by atoms with van der Waals surface area (Å²) in [7, 11) is -3.90. The van der Waals surface area contributed by atoms with Gasteiger partial charge >= 0.3 is 5.69 Å². The molecule has 2 heterocycles. The van der Waals surface area contributed by atoms with Gasteiger partial charge in [0.15, 0.2) is 22.9 Å². The standard InChI is InChI=1S/C20H40N4O5Si2/c1-7-30(8-2,9-3)27-13-15-17(29-31(10-4,11-5)12-6)16(25)18(28-15)24-14-22-19(21)23-20(24)26/h14-18,25H,7-13H2,1-6H3,(H2,21,23,26)/t15-,16-,17-,18-/m1/s1. The average molecular weight is 473 g/mol. The first-order valence-electron chi connectivity index (χ1n) is 11.6. The van der Waals surface area contributed by atoms with E-state index in [1.165, 1.54) is 10.9 Å². The monoisotopic (exact) mass is 472 g/mol. The minimum Gasteiger partial charge on any atom is -0.414 e. The van der Waals surface area contributed by atoms with Crippen molar-refractivity contribution < 1.29 is 18.7 Å². The van der Waals surface area contributed by atoms with E-state index in [9.17, 15) is 9.90 Å². The van der Waals surface area contributed by atoms with Gasteiger partial charge in [-0.25, -0.2) is 9.78 Å². The van der Waals surface area contributed by atoms with Gasteiger partial charge in [0.05, 0.1) is 6.61 Å². The molecular weight excluding hydrogens is 432 g/mol. The fourth-order valence-corrected chi connectivity index (χ4v) is 9.86. The molecule has 11 heteroatoms. The highest BCUT2D eigenvalue weighted by atomic mass is 28.4. The van der Waals surface area contributed by atoms with Crippen LogP contribution in [-0.2, 0) is 13.6 Å². The Morgan fingerprint density at radius 1 is 1.06 bits per heavy atom. The van der Waals surface area contributed by atoms with Crippen LogP contribution in [0.3, 0.4) is 0 Å². The first-order valence-corrected chi connectivity index (χ1v) is 16.7. The van der Waals surface area contributed by atoms with Crippen LogP contribution in [0.4, 0.5) is 5.95 Å². The van der Waals surface area contributed by atoms with Crippen molar-refractivity contribution in [3.05, 3.63) is 16.8 Å². The van der Waals surface area contributed by atoms with E-state index < -0.39 is 46.9 Å². The summed E-state index contributed by atoms with van der Waals surface area (Å²) in [5.74, 6) is -0.111. The Balaban J connectivity index is 2.35. The Labute approximate surface area is 187 Å². The number of hydrogen-bond acceptors (Lipinski definition) is 8. The molecular formula is C20H40N4O5Si2. The highest BCUT2D eigenvalue weighted by Gasteiger charge is 2.49. The van der Waals surface area contributed by atoms with Gasteiger partial charge in [-0.2, -0.15) is 4.98 Å². The van der Waals surface area contributed by atoms with Gasteiger partial charge in [0, 0.05) is 0 Å². The van der Waals surface area contributed by atoms with Gasteiger partial charge in [0.2, 0.25) is 5.95 Å². The molecule has 1 aromatic rings. The van der Waals surface area contributed by atoms with Gasteiger partial charge in [-0.05, 0) is 36.3 Å². The smallest absolute Gasteiger partial charge is 0.354 e. The van der Waals surface area contributed by atoms with Crippen LogP contribution < -0.4 is 11.4 Å². The Kier molecular flexibility index (Phi) is 9.40. The van der Waals surface area contributed by atoms with Crippen LogP contribution >= 0.6 is 0 Å². The second-order valence-corrected chi connectivity index (χ2v) is 17.8. The topological polar surface area (TPSA) is 122 Å². The average Bonchev–Trinajstić information content (AvgIpc) is 3.08. The summed E-state index contributed by atoms with van der Waals surface area (Å²) in [6.07, 6.45) is -1.75. The van der Waals surface area contributed by atoms with Crippen molar-refractivity contribution in [1.82, 2.24) is 14.5 Å². The number of aliphatic hydroxyl groups excluding tert-OH is 1. The second kappa shape index (κ2) is 11.1. The molecule has 2 rings (SSSR count). The van der Waals surface area contributed by atoms with Crippen molar-refractivity contribution in [2.24, 2.45) is 0 Å². The van der Waals surface area contributed by atoms with Gasteiger partial charge < -0.3 is 24.4 Å². The lowest BCUT2D eigenvalue weighted by Crippen LogP contribution is -2.49. The van der Waals surface area contributed by atoms with Gasteiger partial charge in [-0.15, -0.1) is 0 Å². The first-order chi connectivity index (χ1) is 14.7. The number of nitrogen functional groups attached to an aromatic ring is 1. The highest BCUT2D eigenvalue weighted by molar-refractivity contribution is 6.74. The Morgan fingerprint density at radius 3 is 2.10 bits per heavy atom. The summed E-state index contributed by atoms with van der Waals surface area (Å²) in [5, 5.41) is 11.2. The largest absolute Gasteiger partial charge is 0.414 e. The van der Waals surface area contributed by atoms with Crippen molar-refractivity contribution in [3.63, 3.8) is 0 Å². The molecule has 9 nitrogen and oxygen atoms in total. The number of rotatable bonds is 12. The van der Waals surface area contributed by atoms with Crippen LogP contribution in [0.5, 0.6) is 0 Å². The van der Waals surface area contributed by atoms with Gasteiger partial charge in [0.25, 0.3) is 0 Å². The number of aromatic nitrogens is 3. The van der Waals surface area contributed by atoms with Gasteiger partial charge in [-0.1, -0.05) is 41.5 Å². The van der Waals surface area contributed by atoms with E-state index in [0.29, 0.717) is 6.61 Å². The van der Waals surface area contributed by atoms with Crippen LogP contribution in [0.15, 0.2) is 11.1 Å². The maximum Gasteiger partial charge on any atom is 0.354 e. The van der Waals surface area contributed by atoms with E-state index in [-0.39, 0.29) is 5.95 Å². The SMILES string of the molecule is CC[Si](CC)(CC)OC[C@H]1O[C@@H](n2cnc(N)nc2=O)[C@H](O)[C@@H]1O[Si](CC)(CC)CC. The molecule has 0 aromatic carbocycles. The summed E-state index contributed by atoms with van der Waals surface area (Å²) in [6.45, 7) is 13.3. The van der Waals surface area contributed by atoms with Crippen molar-refractivity contribution in [2.75, 3.05) is 12.3 Å². The summed E-state index contributed by atoms with van der Waals surface area (Å²) in [6, 6.07) is 5.91. The summed E-state index contributed by atoms with van der Waals surface area (Å²) in [4.78, 5) is 20.0. The molecule has 4 atom stereocenters. The fourth-order valence-electron chi connectivity index (χ4n) is 4.36. The lowest BCUT2D eigenvalue weighted by atomic mass is 10.1. The lowest BCUT2D eigenvalue weighted by molar-refractivity contribution is -0.0530. The zero-order chi connectivity index (χ0) is 23.2. The van der Waals surface area contributed by atoms with Crippen LogP contribution in [0.2, 0.25) is 36.3 Å². The van der Waals surface area contributed by atoms with Crippen LogP contribution in [0.25, 0.3) is 0 Å². The van der Waals surface area contributed by atoms with E-state index in [1.54, 1.807) is 0 Å². The molecule has 1 aliphatic rings. The predicted molar refractivity (Wildman–Crippen MR) is 126 cm³/mol. The summed E-state index contributed by atoms with van der Waals surface area (Å²) >= 11 is 0. The predicted octanol–water partition coefficient (Wildman–Crippen LogP) is 2.89. The molecule has 1 fully saturated rings. The van der Waals surface area contributed by atoms with E-state index in [0.717, 1.165) is 36.3 Å². The van der Waals surface area contributed by atoms with Crippen LogP contribution in [0, 0.1) is 0 Å². The molecule has 0 spiro atoms. The van der Waals surface area contributed by atoms with Crippen molar-refractivity contribution in [3.8, 4) is 0 Å². The number of ether oxygens (including phenoxy) is 1. The number of hydrogen-bond donors (Lipinski definition) is 2. The number of anilines is 1. The minimum atomic E-state index is -2.04. The molecule has 0 amide bonds. The maximum absolute atomic E-state index is 12.4. The molecule has 31 heavy (non-hydrogen) atoms. The molecule has 178 valence electrons. The summed E-state index contributed by atoms with van der Waals surface area (Å²) in [5.41, 5.74) is 4.91. The minimum absolute atomic E-state index is 0.111. The molecule has 0 saturated carbocycles. The normalized spacial score (nSPS) is 24.6. The van der Waals surface area contributed by atoms with E-state index in [2.05, 4.69) is 51.5 Å². The number of nitrogens with zero attached hydrogens (tertiary/aromatic N) is 3. The van der Waals surface area contributed by atoms with Gasteiger partial charge in [0.1, 0.15) is 24.6 Å². The van der Waals surface area contributed by atoms with Crippen molar-refractivity contribution in [1.29, 1.82) is 0 Å². The van der Waals surface area contributed by atoms with Gasteiger partial charge in [-0.3, -0.25) is 4.57 Å².